The lowest BCUT2D eigenvalue weighted by Crippen LogP contribution is -2.34. The van der Waals surface area contributed by atoms with E-state index < -0.39 is 0 Å². The third kappa shape index (κ3) is 4.64. The van der Waals surface area contributed by atoms with E-state index in [1.807, 2.05) is 27.7 Å². The normalized spacial score (nSPS) is 13.4. The second-order valence-corrected chi connectivity index (χ2v) is 5.00. The van der Waals surface area contributed by atoms with Crippen molar-refractivity contribution in [3.63, 3.8) is 0 Å². The van der Waals surface area contributed by atoms with Crippen LogP contribution < -0.4 is 10.6 Å². The van der Waals surface area contributed by atoms with Gasteiger partial charge in [0.25, 0.3) is 11.8 Å². The van der Waals surface area contributed by atoms with Crippen LogP contribution in [0.5, 0.6) is 0 Å². The van der Waals surface area contributed by atoms with Gasteiger partial charge in [-0.2, -0.15) is 0 Å². The predicted molar refractivity (Wildman–Crippen MR) is 78.7 cm³/mol. The Balaban J connectivity index is 2.80. The molecule has 2 atom stereocenters. The fraction of sp³-hybridized carbons (Fsp3) is 0.533. The lowest BCUT2D eigenvalue weighted by Gasteiger charge is -2.13. The number of hydrogen-bond donors (Lipinski definition) is 2. The Morgan fingerprint density at radius 2 is 1.65 bits per heavy atom. The van der Waals surface area contributed by atoms with E-state index in [4.69, 9.17) is 0 Å². The number of nitrogens with one attached hydrogen (secondary N) is 2. The lowest BCUT2D eigenvalue weighted by atomic mass is 10.1. The molecule has 110 valence electrons. The molecule has 1 heterocycles. The third-order valence-electron chi connectivity index (χ3n) is 3.23. The summed E-state index contributed by atoms with van der Waals surface area (Å²) in [5, 5.41) is 5.70. The van der Waals surface area contributed by atoms with Crippen molar-refractivity contribution in [2.45, 2.75) is 52.6 Å². The molecule has 0 saturated heterocycles. The number of nitrogens with zero attached hydrogens (tertiary/aromatic N) is 1. The van der Waals surface area contributed by atoms with Crippen LogP contribution in [0.1, 0.15) is 61.4 Å². The minimum Gasteiger partial charge on any atom is -0.350 e. The van der Waals surface area contributed by atoms with Gasteiger partial charge < -0.3 is 10.6 Å². The molecule has 0 bridgehead atoms. The molecule has 0 aliphatic rings. The molecule has 0 aromatic carbocycles. The largest absolute Gasteiger partial charge is 0.350 e. The van der Waals surface area contributed by atoms with Gasteiger partial charge in [-0.05, 0) is 38.8 Å². The average Bonchev–Trinajstić information content (AvgIpc) is 2.46. The van der Waals surface area contributed by atoms with Crippen molar-refractivity contribution in [1.82, 2.24) is 15.6 Å². The highest BCUT2D eigenvalue weighted by Crippen LogP contribution is 2.04. The molecule has 0 aliphatic carbocycles. The molecule has 0 aliphatic heterocycles. The fourth-order valence-electron chi connectivity index (χ4n) is 1.50. The van der Waals surface area contributed by atoms with Gasteiger partial charge in [-0.25, -0.2) is 0 Å². The Morgan fingerprint density at radius 1 is 1.10 bits per heavy atom. The van der Waals surface area contributed by atoms with Gasteiger partial charge in [0.05, 0.1) is 0 Å². The molecular weight excluding hydrogens is 254 g/mol. The van der Waals surface area contributed by atoms with Gasteiger partial charge in [-0.15, -0.1) is 0 Å². The first kappa shape index (κ1) is 16.1. The molecular formula is C15H23N3O2. The molecule has 20 heavy (non-hydrogen) atoms. The zero-order valence-electron chi connectivity index (χ0n) is 12.6. The number of hydrogen-bond acceptors (Lipinski definition) is 3. The summed E-state index contributed by atoms with van der Waals surface area (Å²) in [6, 6.07) is 3.32. The highest BCUT2D eigenvalue weighted by atomic mass is 16.2. The van der Waals surface area contributed by atoms with Crippen LogP contribution in [-0.4, -0.2) is 28.9 Å². The summed E-state index contributed by atoms with van der Waals surface area (Å²) in [5.41, 5.74) is 0.719. The molecule has 0 radical (unpaired) electrons. The number of aromatic nitrogens is 1. The minimum absolute atomic E-state index is 0.0851. The number of rotatable bonds is 6. The molecule has 0 fully saturated rings. The van der Waals surface area contributed by atoms with Crippen LogP contribution >= 0.6 is 0 Å². The third-order valence-corrected chi connectivity index (χ3v) is 3.23. The summed E-state index contributed by atoms with van der Waals surface area (Å²) >= 11 is 0. The lowest BCUT2D eigenvalue weighted by molar-refractivity contribution is 0.0934. The van der Waals surface area contributed by atoms with Crippen LogP contribution in [0.25, 0.3) is 0 Å². The molecule has 2 amide bonds. The van der Waals surface area contributed by atoms with E-state index in [2.05, 4.69) is 15.6 Å². The molecule has 2 unspecified atom stereocenters. The zero-order chi connectivity index (χ0) is 15.1. The van der Waals surface area contributed by atoms with E-state index in [0.717, 1.165) is 12.8 Å². The highest BCUT2D eigenvalue weighted by Gasteiger charge is 2.14. The first-order valence-electron chi connectivity index (χ1n) is 7.05. The standard InChI is InChI=1S/C15H23N3O2/c1-5-10(3)17-14(19)12-7-8-16-13(9-12)15(20)18-11(4)6-2/h7-11H,5-6H2,1-4H3,(H,17,19)(H,18,20). The Morgan fingerprint density at radius 3 is 2.20 bits per heavy atom. The molecule has 1 aromatic heterocycles. The Kier molecular flexibility index (Phi) is 6.15. The number of amides is 2. The predicted octanol–water partition coefficient (Wildman–Crippen LogP) is 2.14. The molecule has 1 rings (SSSR count). The monoisotopic (exact) mass is 277 g/mol. The van der Waals surface area contributed by atoms with E-state index >= 15 is 0 Å². The number of carbonyl (C=O) groups excluding carboxylic acids is 2. The Hall–Kier alpha value is -1.91. The van der Waals surface area contributed by atoms with E-state index in [-0.39, 0.29) is 29.6 Å². The van der Waals surface area contributed by atoms with Gasteiger partial charge in [-0.1, -0.05) is 13.8 Å². The summed E-state index contributed by atoms with van der Waals surface area (Å²) in [6.45, 7) is 7.86. The van der Waals surface area contributed by atoms with Crippen LogP contribution in [0.3, 0.4) is 0 Å². The molecule has 2 N–H and O–H groups in total. The van der Waals surface area contributed by atoms with Crippen molar-refractivity contribution in [3.8, 4) is 0 Å². The summed E-state index contributed by atoms with van der Waals surface area (Å²) in [4.78, 5) is 28.0. The van der Waals surface area contributed by atoms with Crippen molar-refractivity contribution in [2.75, 3.05) is 0 Å². The topological polar surface area (TPSA) is 71.1 Å². The first-order chi connectivity index (χ1) is 9.47. The maximum absolute atomic E-state index is 12.0. The average molecular weight is 277 g/mol. The molecule has 5 heteroatoms. The molecule has 0 spiro atoms. The van der Waals surface area contributed by atoms with Crippen molar-refractivity contribution < 1.29 is 9.59 Å². The smallest absolute Gasteiger partial charge is 0.270 e. The SMILES string of the molecule is CCC(C)NC(=O)c1ccnc(C(=O)NC(C)CC)c1. The highest BCUT2D eigenvalue weighted by molar-refractivity contribution is 5.98. The second kappa shape index (κ2) is 7.62. The summed E-state index contributed by atoms with van der Waals surface area (Å²) in [7, 11) is 0. The van der Waals surface area contributed by atoms with Crippen LogP contribution in [0.4, 0.5) is 0 Å². The summed E-state index contributed by atoms with van der Waals surface area (Å²) in [5.74, 6) is -0.433. The van der Waals surface area contributed by atoms with Gasteiger partial charge in [0.15, 0.2) is 0 Å². The van der Waals surface area contributed by atoms with E-state index in [9.17, 15) is 9.59 Å². The Bertz CT molecular complexity index is 435. The Labute approximate surface area is 120 Å². The van der Waals surface area contributed by atoms with Crippen LogP contribution in [0.15, 0.2) is 18.3 Å². The van der Waals surface area contributed by atoms with Gasteiger partial charge in [0.2, 0.25) is 0 Å². The minimum atomic E-state index is -0.252. The van der Waals surface area contributed by atoms with Crippen molar-refractivity contribution >= 4 is 11.8 Å². The fourth-order valence-corrected chi connectivity index (χ4v) is 1.50. The number of carbonyl (C=O) groups is 2. The molecule has 5 nitrogen and oxygen atoms in total. The zero-order valence-corrected chi connectivity index (χ0v) is 12.6. The van der Waals surface area contributed by atoms with Crippen LogP contribution in [-0.2, 0) is 0 Å². The number of pyridine rings is 1. The van der Waals surface area contributed by atoms with Crippen molar-refractivity contribution in [1.29, 1.82) is 0 Å². The van der Waals surface area contributed by atoms with Gasteiger partial charge >= 0.3 is 0 Å². The van der Waals surface area contributed by atoms with Gasteiger partial charge in [-0.3, -0.25) is 14.6 Å². The van der Waals surface area contributed by atoms with E-state index in [1.54, 1.807) is 6.07 Å². The quantitative estimate of drug-likeness (QED) is 0.837. The van der Waals surface area contributed by atoms with Crippen molar-refractivity contribution in [3.05, 3.63) is 29.6 Å². The molecule has 1 aromatic rings. The van der Waals surface area contributed by atoms with E-state index in [1.165, 1.54) is 12.3 Å². The van der Waals surface area contributed by atoms with Crippen molar-refractivity contribution in [2.24, 2.45) is 0 Å². The van der Waals surface area contributed by atoms with Gasteiger partial charge in [0.1, 0.15) is 5.69 Å². The maximum Gasteiger partial charge on any atom is 0.270 e. The second-order valence-electron chi connectivity index (χ2n) is 5.00. The van der Waals surface area contributed by atoms with Gasteiger partial charge in [0, 0.05) is 23.8 Å². The molecule has 0 saturated carbocycles. The summed E-state index contributed by atoms with van der Waals surface area (Å²) < 4.78 is 0. The summed E-state index contributed by atoms with van der Waals surface area (Å²) in [6.07, 6.45) is 3.19. The first-order valence-corrected chi connectivity index (χ1v) is 7.05. The van der Waals surface area contributed by atoms with Crippen LogP contribution in [0.2, 0.25) is 0 Å². The maximum atomic E-state index is 12.0. The van der Waals surface area contributed by atoms with Crippen LogP contribution in [0, 0.1) is 0 Å². The van der Waals surface area contributed by atoms with E-state index in [0.29, 0.717) is 5.56 Å².